The molecule has 0 aliphatic carbocycles. The average molecular weight is 531 g/mol. The fourth-order valence-corrected chi connectivity index (χ4v) is 3.35. The van der Waals surface area contributed by atoms with Crippen LogP contribution in [0.5, 0.6) is 0 Å². The largest absolute Gasteiger partial charge is 0.498 e. The molecule has 0 bridgehead atoms. The molecule has 0 amide bonds. The standard InChI is InChI=1S/C18BF16/c20-4-1(5(21)11(27)16(32)10(4)26)19(35,2-6(22)12(28)17(33)13(29)7(2)23)3-8(24)14(30)18(34)15(31)9(3)25/q-1. The van der Waals surface area contributed by atoms with Crippen LogP contribution in [0.4, 0.5) is 70.2 Å². The predicted molar refractivity (Wildman–Crippen MR) is 84.5 cm³/mol. The molecule has 0 atom stereocenters. The van der Waals surface area contributed by atoms with Gasteiger partial charge in [0.1, 0.15) is 34.9 Å². The highest BCUT2D eigenvalue weighted by Gasteiger charge is 2.48. The zero-order valence-corrected chi connectivity index (χ0v) is 15.6. The maximum absolute atomic E-state index is 16.3. The van der Waals surface area contributed by atoms with Gasteiger partial charge >= 0.3 is 0 Å². The van der Waals surface area contributed by atoms with Crippen LogP contribution in [-0.2, 0) is 0 Å². The Balaban J connectivity index is 2.78. The maximum Gasteiger partial charge on any atom is 0.251 e. The summed E-state index contributed by atoms with van der Waals surface area (Å²) in [6.45, 7) is 0. The van der Waals surface area contributed by atoms with Crippen molar-refractivity contribution in [3.05, 3.63) is 87.3 Å². The van der Waals surface area contributed by atoms with Gasteiger partial charge < -0.3 is 4.32 Å². The molecule has 0 saturated heterocycles. The van der Waals surface area contributed by atoms with E-state index in [4.69, 9.17) is 0 Å². The van der Waals surface area contributed by atoms with Crippen LogP contribution in [0.25, 0.3) is 0 Å². The summed E-state index contributed by atoms with van der Waals surface area (Å²) >= 11 is 0. The van der Waals surface area contributed by atoms with Gasteiger partial charge in [0.2, 0.25) is 0 Å². The zero-order chi connectivity index (χ0) is 26.9. The summed E-state index contributed by atoms with van der Waals surface area (Å²) in [7, 11) is 0. The quantitative estimate of drug-likeness (QED) is 0.199. The molecule has 3 aromatic carbocycles. The molecule has 0 unspecified atom stereocenters. The molecule has 0 N–H and O–H groups in total. The molecular weight excluding hydrogens is 531 g/mol. The number of halogens is 16. The summed E-state index contributed by atoms with van der Waals surface area (Å²) in [5.74, 6) is -49.3. The van der Waals surface area contributed by atoms with Crippen molar-refractivity contribution in [2.75, 3.05) is 0 Å². The Morgan fingerprint density at radius 1 is 0.229 bits per heavy atom. The van der Waals surface area contributed by atoms with E-state index in [0.717, 1.165) is 0 Å². The number of rotatable bonds is 3. The first kappa shape index (κ1) is 26.2. The molecule has 0 aliphatic heterocycles. The predicted octanol–water partition coefficient (Wildman–Crippen LogP) is 4.71. The minimum atomic E-state index is -6.91. The van der Waals surface area contributed by atoms with E-state index in [9.17, 15) is 65.9 Å². The van der Waals surface area contributed by atoms with Crippen LogP contribution in [0.2, 0.25) is 0 Å². The van der Waals surface area contributed by atoms with Crippen molar-refractivity contribution in [1.82, 2.24) is 0 Å². The normalized spacial score (nSPS) is 12.0. The van der Waals surface area contributed by atoms with Crippen molar-refractivity contribution < 1.29 is 70.2 Å². The Morgan fingerprint density at radius 3 is 0.486 bits per heavy atom. The number of hydrogen-bond acceptors (Lipinski definition) is 0. The Labute approximate surface area is 181 Å². The topological polar surface area (TPSA) is 0 Å². The molecule has 0 aromatic heterocycles. The lowest BCUT2D eigenvalue weighted by Gasteiger charge is -2.37. The van der Waals surface area contributed by atoms with E-state index in [-0.39, 0.29) is 0 Å². The Kier molecular flexibility index (Phi) is 6.27. The van der Waals surface area contributed by atoms with E-state index >= 15 is 4.32 Å². The molecule has 35 heavy (non-hydrogen) atoms. The lowest BCUT2D eigenvalue weighted by Crippen LogP contribution is -2.70. The van der Waals surface area contributed by atoms with Crippen LogP contribution in [0.15, 0.2) is 0 Å². The fourth-order valence-electron chi connectivity index (χ4n) is 3.35. The van der Waals surface area contributed by atoms with E-state index in [2.05, 4.69) is 0 Å². The summed E-state index contributed by atoms with van der Waals surface area (Å²) in [6.07, 6.45) is -6.91. The third-order valence-electron chi connectivity index (χ3n) is 4.92. The first-order chi connectivity index (χ1) is 16.0. The van der Waals surface area contributed by atoms with Gasteiger partial charge in [0.05, 0.1) is 0 Å². The van der Waals surface area contributed by atoms with E-state index in [0.29, 0.717) is 0 Å². The van der Waals surface area contributed by atoms with Crippen LogP contribution in [0.3, 0.4) is 0 Å². The van der Waals surface area contributed by atoms with Gasteiger partial charge in [-0.2, -0.15) is 0 Å². The molecule has 0 spiro atoms. The van der Waals surface area contributed by atoms with E-state index in [1.807, 2.05) is 0 Å². The molecule has 0 fully saturated rings. The maximum atomic E-state index is 16.3. The highest BCUT2D eigenvalue weighted by molar-refractivity contribution is 7.07. The zero-order valence-electron chi connectivity index (χ0n) is 15.6. The minimum Gasteiger partial charge on any atom is -0.498 e. The summed E-state index contributed by atoms with van der Waals surface area (Å²) in [5.41, 5.74) is -9.89. The molecule has 0 saturated carbocycles. The third-order valence-corrected chi connectivity index (χ3v) is 4.92. The third kappa shape index (κ3) is 3.34. The lowest BCUT2D eigenvalue weighted by atomic mass is 9.30. The second kappa shape index (κ2) is 8.37. The Bertz CT molecular complexity index is 1160. The van der Waals surface area contributed by atoms with Crippen molar-refractivity contribution >= 4 is 22.8 Å². The van der Waals surface area contributed by atoms with Crippen molar-refractivity contribution in [3.8, 4) is 0 Å². The monoisotopic (exact) mass is 531 g/mol. The number of benzene rings is 3. The van der Waals surface area contributed by atoms with Crippen LogP contribution in [0.1, 0.15) is 0 Å². The first-order valence-electron chi connectivity index (χ1n) is 8.42. The van der Waals surface area contributed by atoms with E-state index in [1.165, 1.54) is 0 Å². The Hall–Kier alpha value is -3.40. The minimum absolute atomic E-state index is 3.10. The second-order valence-electron chi connectivity index (χ2n) is 6.71. The molecule has 17 heteroatoms. The lowest BCUT2D eigenvalue weighted by molar-refractivity contribution is 0.377. The smallest absolute Gasteiger partial charge is 0.251 e. The van der Waals surface area contributed by atoms with Crippen molar-refractivity contribution in [3.63, 3.8) is 0 Å². The Morgan fingerprint density at radius 2 is 0.343 bits per heavy atom. The SMILES string of the molecule is Fc1c(F)c(F)c([B-](F)(c2c(F)c(F)c(F)c(F)c2F)c2c(F)c(F)c(F)c(F)c2F)c(F)c1F. The summed E-state index contributed by atoms with van der Waals surface area (Å²) < 4.78 is 225. The van der Waals surface area contributed by atoms with Gasteiger partial charge in [0, 0.05) is 0 Å². The highest BCUT2D eigenvalue weighted by Crippen LogP contribution is 2.28. The molecule has 0 radical (unpaired) electrons. The van der Waals surface area contributed by atoms with Gasteiger partial charge in [-0.1, -0.05) is 16.4 Å². The summed E-state index contributed by atoms with van der Waals surface area (Å²) in [5, 5.41) is 0. The molecule has 3 rings (SSSR count). The highest BCUT2D eigenvalue weighted by atomic mass is 19.2. The van der Waals surface area contributed by atoms with Crippen LogP contribution >= 0.6 is 0 Å². The van der Waals surface area contributed by atoms with E-state index < -0.39 is 110 Å². The van der Waals surface area contributed by atoms with Gasteiger partial charge in [-0.15, -0.1) is 0 Å². The van der Waals surface area contributed by atoms with Gasteiger partial charge in [0.15, 0.2) is 52.4 Å². The van der Waals surface area contributed by atoms with Crippen LogP contribution < -0.4 is 16.4 Å². The van der Waals surface area contributed by atoms with Gasteiger partial charge in [0.25, 0.3) is 6.42 Å². The fraction of sp³-hybridized carbons (Fsp3) is 0. The second-order valence-corrected chi connectivity index (χ2v) is 6.71. The molecule has 0 aliphatic rings. The van der Waals surface area contributed by atoms with Gasteiger partial charge in [-0.3, -0.25) is 0 Å². The van der Waals surface area contributed by atoms with Crippen molar-refractivity contribution in [2.24, 2.45) is 0 Å². The summed E-state index contributed by atoms with van der Waals surface area (Å²) in [4.78, 5) is 0. The molecule has 3 aromatic rings. The van der Waals surface area contributed by atoms with Gasteiger partial charge in [-0.25, -0.2) is 65.9 Å². The van der Waals surface area contributed by atoms with E-state index in [1.54, 1.807) is 0 Å². The molecule has 0 heterocycles. The molecular formula is C18BF16-. The summed E-state index contributed by atoms with van der Waals surface area (Å²) in [6, 6.07) is 0. The van der Waals surface area contributed by atoms with Crippen molar-refractivity contribution in [2.45, 2.75) is 0 Å². The van der Waals surface area contributed by atoms with Crippen LogP contribution in [-0.4, -0.2) is 6.42 Å². The van der Waals surface area contributed by atoms with Crippen molar-refractivity contribution in [1.29, 1.82) is 0 Å². The first-order valence-corrected chi connectivity index (χ1v) is 8.42. The molecule has 0 nitrogen and oxygen atoms in total. The number of hydrogen-bond donors (Lipinski definition) is 0. The van der Waals surface area contributed by atoms with Gasteiger partial charge in [-0.05, 0) is 0 Å². The molecule has 188 valence electrons. The van der Waals surface area contributed by atoms with Crippen LogP contribution in [0, 0.1) is 87.3 Å². The average Bonchev–Trinajstić information content (AvgIpc) is 2.81.